The molecule has 4 aromatic rings. The van der Waals surface area contributed by atoms with Crippen molar-refractivity contribution in [1.29, 1.82) is 5.26 Å². The molecule has 0 amide bonds. The number of thiazole rings is 1. The van der Waals surface area contributed by atoms with Gasteiger partial charge in [-0.1, -0.05) is 44.2 Å². The molecule has 0 atom stereocenters. The second kappa shape index (κ2) is 6.49. The minimum atomic E-state index is -0.180. The lowest BCUT2D eigenvalue weighted by atomic mass is 10.0. The molecule has 0 bridgehead atoms. The normalized spacial score (nSPS) is 11.2. The third kappa shape index (κ3) is 2.75. The van der Waals surface area contributed by atoms with Crippen LogP contribution in [0.2, 0.25) is 0 Å². The van der Waals surface area contributed by atoms with E-state index in [9.17, 15) is 10.1 Å². The van der Waals surface area contributed by atoms with Crippen LogP contribution < -0.4 is 5.56 Å². The molecule has 0 aliphatic heterocycles. The monoisotopic (exact) mass is 375 g/mol. The summed E-state index contributed by atoms with van der Waals surface area (Å²) < 4.78 is 1.34. The third-order valence-electron chi connectivity index (χ3n) is 4.43. The molecule has 27 heavy (non-hydrogen) atoms. The number of rotatable bonds is 3. The third-order valence-corrected chi connectivity index (χ3v) is 5.64. The summed E-state index contributed by atoms with van der Waals surface area (Å²) in [5.41, 5.74) is 3.59. The molecule has 4 rings (SSSR count). The summed E-state index contributed by atoms with van der Waals surface area (Å²) in [4.78, 5) is 23.3. The lowest BCUT2D eigenvalue weighted by Gasteiger charge is -2.11. The second-order valence-corrected chi connectivity index (χ2v) is 7.59. The highest BCUT2D eigenvalue weighted by molar-refractivity contribution is 7.18. The van der Waals surface area contributed by atoms with Gasteiger partial charge in [-0.05, 0) is 12.8 Å². The van der Waals surface area contributed by atoms with E-state index >= 15 is 0 Å². The van der Waals surface area contributed by atoms with E-state index in [2.05, 4.69) is 11.2 Å². The first kappa shape index (κ1) is 17.2. The Morgan fingerprint density at radius 1 is 1.22 bits per heavy atom. The average molecular weight is 375 g/mol. The predicted octanol–water partition coefficient (Wildman–Crippen LogP) is 4.12. The van der Waals surface area contributed by atoms with E-state index in [1.54, 1.807) is 0 Å². The van der Waals surface area contributed by atoms with Crippen LogP contribution in [0.5, 0.6) is 0 Å². The molecule has 6 nitrogen and oxygen atoms in total. The SMILES string of the molecule is Cc1nc(-c2ccccc2)sc1-c1nc2c(C#N)c[nH]n2c(=O)c1C(C)C. The maximum absolute atomic E-state index is 13.0. The van der Waals surface area contributed by atoms with Gasteiger partial charge in [0.2, 0.25) is 0 Å². The zero-order valence-corrected chi connectivity index (χ0v) is 16.0. The summed E-state index contributed by atoms with van der Waals surface area (Å²) in [5, 5.41) is 13.0. The Labute approximate surface area is 159 Å². The molecule has 7 heteroatoms. The van der Waals surface area contributed by atoms with Crippen LogP contribution in [0.25, 0.3) is 26.8 Å². The van der Waals surface area contributed by atoms with Gasteiger partial charge >= 0.3 is 0 Å². The molecule has 0 aliphatic carbocycles. The first-order valence-corrected chi connectivity index (χ1v) is 9.40. The lowest BCUT2D eigenvalue weighted by molar-refractivity contribution is 0.798. The van der Waals surface area contributed by atoms with Crippen LogP contribution in [0, 0.1) is 18.3 Å². The standard InChI is InChI=1S/C20H17N5OS/c1-11(2)15-16(24-18-14(9-21)10-22-25(18)20(15)26)17-12(3)23-19(27-17)13-7-5-4-6-8-13/h4-8,10-11,22H,1-3H3. The Morgan fingerprint density at radius 3 is 2.63 bits per heavy atom. The molecule has 1 N–H and O–H groups in total. The molecule has 0 aliphatic rings. The zero-order chi connectivity index (χ0) is 19.1. The largest absolute Gasteiger partial charge is 0.295 e. The summed E-state index contributed by atoms with van der Waals surface area (Å²) in [6.07, 6.45) is 1.51. The smallest absolute Gasteiger partial charge is 0.276 e. The zero-order valence-electron chi connectivity index (χ0n) is 15.1. The number of hydrogen-bond acceptors (Lipinski definition) is 5. The van der Waals surface area contributed by atoms with Crippen LogP contribution in [0.1, 0.15) is 36.6 Å². The van der Waals surface area contributed by atoms with Crippen molar-refractivity contribution in [3.63, 3.8) is 0 Å². The number of aryl methyl sites for hydroxylation is 1. The van der Waals surface area contributed by atoms with E-state index in [0.717, 1.165) is 21.1 Å². The number of H-pyrrole nitrogens is 1. The van der Waals surface area contributed by atoms with Gasteiger partial charge < -0.3 is 0 Å². The second-order valence-electron chi connectivity index (χ2n) is 6.59. The van der Waals surface area contributed by atoms with Crippen LogP contribution in [-0.4, -0.2) is 19.6 Å². The topological polar surface area (TPSA) is 86.8 Å². The number of nitrogens with one attached hydrogen (secondary N) is 1. The van der Waals surface area contributed by atoms with Gasteiger partial charge in [-0.25, -0.2) is 14.5 Å². The number of hydrogen-bond donors (Lipinski definition) is 1. The maximum atomic E-state index is 13.0. The summed E-state index contributed by atoms with van der Waals surface area (Å²) in [6, 6.07) is 12.0. The van der Waals surface area contributed by atoms with Crippen LogP contribution in [0.4, 0.5) is 0 Å². The van der Waals surface area contributed by atoms with Crippen molar-refractivity contribution in [2.24, 2.45) is 0 Å². The molecule has 3 aromatic heterocycles. The van der Waals surface area contributed by atoms with Crippen molar-refractivity contribution < 1.29 is 0 Å². The van der Waals surface area contributed by atoms with E-state index < -0.39 is 0 Å². The van der Waals surface area contributed by atoms with Crippen molar-refractivity contribution in [2.75, 3.05) is 0 Å². The van der Waals surface area contributed by atoms with Crippen LogP contribution >= 0.6 is 11.3 Å². The number of benzene rings is 1. The Kier molecular flexibility index (Phi) is 4.13. The van der Waals surface area contributed by atoms with Gasteiger partial charge in [-0.15, -0.1) is 11.3 Å². The van der Waals surface area contributed by atoms with E-state index in [0.29, 0.717) is 22.5 Å². The highest BCUT2D eigenvalue weighted by atomic mass is 32.1. The molecule has 0 saturated carbocycles. The first-order chi connectivity index (χ1) is 13.0. The fraction of sp³-hybridized carbons (Fsp3) is 0.200. The van der Waals surface area contributed by atoms with E-state index in [1.807, 2.05) is 51.1 Å². The molecule has 0 unspecified atom stereocenters. The van der Waals surface area contributed by atoms with Crippen LogP contribution in [-0.2, 0) is 0 Å². The van der Waals surface area contributed by atoms with Gasteiger partial charge in [-0.2, -0.15) is 5.26 Å². The summed E-state index contributed by atoms with van der Waals surface area (Å²) >= 11 is 1.52. The number of nitrogens with zero attached hydrogens (tertiary/aromatic N) is 4. The van der Waals surface area contributed by atoms with E-state index in [4.69, 9.17) is 9.97 Å². The van der Waals surface area contributed by atoms with Crippen molar-refractivity contribution in [3.05, 3.63) is 63.7 Å². The fourth-order valence-corrected chi connectivity index (χ4v) is 4.20. The molecule has 134 valence electrons. The summed E-state index contributed by atoms with van der Waals surface area (Å²) in [5.74, 6) is -0.0209. The molecule has 0 spiro atoms. The number of nitriles is 1. The van der Waals surface area contributed by atoms with E-state index in [-0.39, 0.29) is 11.5 Å². The molecular formula is C20H17N5OS. The van der Waals surface area contributed by atoms with Gasteiger partial charge in [0.05, 0.1) is 16.3 Å². The number of aromatic nitrogens is 4. The van der Waals surface area contributed by atoms with Crippen molar-refractivity contribution in [1.82, 2.24) is 19.6 Å². The van der Waals surface area contributed by atoms with E-state index in [1.165, 1.54) is 22.0 Å². The molecule has 1 aromatic carbocycles. The Hall–Kier alpha value is -3.24. The lowest BCUT2D eigenvalue weighted by Crippen LogP contribution is -2.22. The highest BCUT2D eigenvalue weighted by Gasteiger charge is 2.23. The molecule has 3 heterocycles. The van der Waals surface area contributed by atoms with Gasteiger partial charge in [0.1, 0.15) is 16.6 Å². The Bertz CT molecular complexity index is 1240. The minimum absolute atomic E-state index is 0.0209. The highest BCUT2D eigenvalue weighted by Crippen LogP contribution is 2.37. The van der Waals surface area contributed by atoms with Gasteiger partial charge in [0, 0.05) is 17.3 Å². The molecule has 0 fully saturated rings. The molecule has 0 radical (unpaired) electrons. The maximum Gasteiger partial charge on any atom is 0.276 e. The first-order valence-electron chi connectivity index (χ1n) is 8.58. The number of fused-ring (bicyclic) bond motifs is 1. The van der Waals surface area contributed by atoms with Gasteiger partial charge in [0.25, 0.3) is 5.56 Å². The fourth-order valence-electron chi connectivity index (χ4n) is 3.12. The Balaban J connectivity index is 2.02. The summed E-state index contributed by atoms with van der Waals surface area (Å²) in [7, 11) is 0. The molecular weight excluding hydrogens is 358 g/mol. The van der Waals surface area contributed by atoms with Crippen molar-refractivity contribution >= 4 is 17.0 Å². The predicted molar refractivity (Wildman–Crippen MR) is 106 cm³/mol. The van der Waals surface area contributed by atoms with Crippen LogP contribution in [0.15, 0.2) is 41.3 Å². The van der Waals surface area contributed by atoms with Gasteiger partial charge in [0.15, 0.2) is 5.65 Å². The van der Waals surface area contributed by atoms with Crippen molar-refractivity contribution in [2.45, 2.75) is 26.7 Å². The molecule has 0 saturated heterocycles. The van der Waals surface area contributed by atoms with Gasteiger partial charge in [-0.3, -0.25) is 9.89 Å². The van der Waals surface area contributed by atoms with Crippen LogP contribution in [0.3, 0.4) is 0 Å². The quantitative estimate of drug-likeness (QED) is 0.583. The number of aromatic amines is 1. The Morgan fingerprint density at radius 2 is 1.96 bits per heavy atom. The summed E-state index contributed by atoms with van der Waals surface area (Å²) in [6.45, 7) is 5.86. The van der Waals surface area contributed by atoms with Crippen molar-refractivity contribution in [3.8, 4) is 27.2 Å². The minimum Gasteiger partial charge on any atom is -0.295 e. The average Bonchev–Trinajstić information content (AvgIpc) is 3.25.